The minimum absolute atomic E-state index is 0.0986. The number of benzene rings is 2. The Hall–Kier alpha value is -2.87. The van der Waals surface area contributed by atoms with E-state index >= 15 is 0 Å². The number of anilines is 1. The summed E-state index contributed by atoms with van der Waals surface area (Å²) in [5.74, 6) is 1.33. The lowest BCUT2D eigenvalue weighted by Gasteiger charge is -2.37. The number of piperazine rings is 1. The number of pyridine rings is 1. The van der Waals surface area contributed by atoms with Gasteiger partial charge in [0.05, 0.1) is 4.90 Å². The minimum atomic E-state index is -3.93. The summed E-state index contributed by atoms with van der Waals surface area (Å²) in [7, 11) is -3.93. The number of sulfonamides is 1. The van der Waals surface area contributed by atoms with Crippen LogP contribution in [-0.4, -0.2) is 98.5 Å². The number of hydrogen-bond acceptors (Lipinski definition) is 7. The van der Waals surface area contributed by atoms with E-state index in [4.69, 9.17) is 0 Å². The monoisotopic (exact) mass is 646 g/mol. The van der Waals surface area contributed by atoms with Gasteiger partial charge in [-0.3, -0.25) is 9.78 Å². The van der Waals surface area contributed by atoms with Crippen LogP contribution >= 0.6 is 27.7 Å². The summed E-state index contributed by atoms with van der Waals surface area (Å²) in [6.07, 6.45) is 3.48. The van der Waals surface area contributed by atoms with Crippen LogP contribution < -0.4 is 14.9 Å². The Bertz CT molecular complexity index is 1460. The van der Waals surface area contributed by atoms with Gasteiger partial charge in [0.25, 0.3) is 0 Å². The number of rotatable bonds is 7. The van der Waals surface area contributed by atoms with Crippen molar-refractivity contribution in [3.63, 3.8) is 0 Å². The van der Waals surface area contributed by atoms with Gasteiger partial charge in [0.15, 0.2) is 0 Å². The number of halogens is 1. The van der Waals surface area contributed by atoms with E-state index in [0.717, 1.165) is 32.4 Å². The zero-order valence-electron chi connectivity index (χ0n) is 21.8. The minimum Gasteiger partial charge on any atom is -0.368 e. The molecule has 212 valence electrons. The Morgan fingerprint density at radius 3 is 2.30 bits per heavy atom. The number of nitrogens with zero attached hydrogens (tertiary/aromatic N) is 4. The van der Waals surface area contributed by atoms with Crippen molar-refractivity contribution in [1.29, 1.82) is 0 Å². The molecule has 2 fully saturated rings. The van der Waals surface area contributed by atoms with E-state index in [9.17, 15) is 18.0 Å². The molecule has 2 aliphatic heterocycles. The van der Waals surface area contributed by atoms with E-state index < -0.39 is 16.1 Å². The number of nitrogens with one attached hydrogen (secondary N) is 2. The third-order valence-corrected chi connectivity index (χ3v) is 9.93. The van der Waals surface area contributed by atoms with Gasteiger partial charge >= 0.3 is 6.03 Å². The maximum Gasteiger partial charge on any atom is 0.318 e. The highest BCUT2D eigenvalue weighted by molar-refractivity contribution is 9.10. The van der Waals surface area contributed by atoms with E-state index in [-0.39, 0.29) is 23.4 Å². The summed E-state index contributed by atoms with van der Waals surface area (Å²) in [5, 5.41) is 4.51. The van der Waals surface area contributed by atoms with Gasteiger partial charge in [0.1, 0.15) is 6.04 Å². The molecule has 10 nitrogen and oxygen atoms in total. The van der Waals surface area contributed by atoms with Gasteiger partial charge in [-0.25, -0.2) is 17.9 Å². The molecule has 0 spiro atoms. The van der Waals surface area contributed by atoms with Crippen LogP contribution in [0.15, 0.2) is 70.3 Å². The molecule has 0 saturated carbocycles. The second-order valence-electron chi connectivity index (χ2n) is 9.62. The van der Waals surface area contributed by atoms with E-state index in [0.29, 0.717) is 39.3 Å². The second-order valence-corrected chi connectivity index (χ2v) is 13.5. The number of fused-ring (bicyclic) bond motifs is 1. The summed E-state index contributed by atoms with van der Waals surface area (Å²) in [4.78, 5) is 36.4. The molecule has 1 atom stereocenters. The molecular formula is C27H31BrN6O4S2. The van der Waals surface area contributed by atoms with Crippen LogP contribution in [0.1, 0.15) is 0 Å². The third-order valence-electron chi connectivity index (χ3n) is 7.07. The molecule has 2 N–H and O–H groups in total. The lowest BCUT2D eigenvalue weighted by molar-refractivity contribution is -0.132. The van der Waals surface area contributed by atoms with Gasteiger partial charge in [-0.15, -0.1) is 0 Å². The van der Waals surface area contributed by atoms with Gasteiger partial charge < -0.3 is 20.0 Å². The van der Waals surface area contributed by atoms with Gasteiger partial charge in [-0.2, -0.15) is 11.8 Å². The largest absolute Gasteiger partial charge is 0.368 e. The Morgan fingerprint density at radius 2 is 1.57 bits per heavy atom. The number of carbonyl (C=O) groups excluding carboxylic acids is 2. The van der Waals surface area contributed by atoms with Crippen LogP contribution in [0.5, 0.6) is 0 Å². The standard InChI is InChI=1S/C27H31BrN6O4S2/c28-22-3-1-21-18-24(4-2-20(21)17-22)40(37,38)30-19-25(26(35)33-13-15-39-16-14-33)31-27(36)34-11-9-32(10-12-34)23-5-7-29-8-6-23/h1-8,17-18,25,30H,9-16,19H2,(H,31,36). The van der Waals surface area contributed by atoms with Crippen LogP contribution in [0.4, 0.5) is 10.5 Å². The highest BCUT2D eigenvalue weighted by Crippen LogP contribution is 2.23. The fourth-order valence-corrected chi connectivity index (χ4v) is 7.17. The van der Waals surface area contributed by atoms with Crippen molar-refractivity contribution in [1.82, 2.24) is 24.8 Å². The molecule has 3 aromatic rings. The number of carbonyl (C=O) groups is 2. The van der Waals surface area contributed by atoms with Gasteiger partial charge in [-0.05, 0) is 47.2 Å². The number of aromatic nitrogens is 1. The summed E-state index contributed by atoms with van der Waals surface area (Å²) in [5.41, 5.74) is 1.04. The quantitative estimate of drug-likeness (QED) is 0.406. The molecular weight excluding hydrogens is 616 g/mol. The predicted octanol–water partition coefficient (Wildman–Crippen LogP) is 2.75. The van der Waals surface area contributed by atoms with Crippen molar-refractivity contribution in [2.45, 2.75) is 10.9 Å². The molecule has 3 heterocycles. The van der Waals surface area contributed by atoms with Gasteiger partial charge in [0.2, 0.25) is 15.9 Å². The first-order valence-corrected chi connectivity index (χ1v) is 16.5. The van der Waals surface area contributed by atoms with Crippen LogP contribution in [-0.2, 0) is 14.8 Å². The highest BCUT2D eigenvalue weighted by Gasteiger charge is 2.31. The molecule has 40 heavy (non-hydrogen) atoms. The first-order valence-electron chi connectivity index (χ1n) is 13.1. The normalized spacial score (nSPS) is 17.1. The molecule has 0 radical (unpaired) electrons. The average molecular weight is 648 g/mol. The Morgan fingerprint density at radius 1 is 0.900 bits per heavy atom. The number of hydrogen-bond donors (Lipinski definition) is 2. The molecule has 0 aliphatic carbocycles. The fourth-order valence-electron chi connectivity index (χ4n) is 4.81. The smallest absolute Gasteiger partial charge is 0.318 e. The molecule has 2 saturated heterocycles. The summed E-state index contributed by atoms with van der Waals surface area (Å²) in [6.45, 7) is 3.13. The van der Waals surface area contributed by atoms with Crippen LogP contribution in [0.2, 0.25) is 0 Å². The van der Waals surface area contributed by atoms with Crippen molar-refractivity contribution < 1.29 is 18.0 Å². The molecule has 1 unspecified atom stereocenters. The predicted molar refractivity (Wildman–Crippen MR) is 161 cm³/mol. The van der Waals surface area contributed by atoms with Gasteiger partial charge in [0, 0.05) is 79.9 Å². The molecule has 3 amide bonds. The van der Waals surface area contributed by atoms with E-state index in [2.05, 4.69) is 35.9 Å². The van der Waals surface area contributed by atoms with E-state index in [1.165, 1.54) is 6.07 Å². The lowest BCUT2D eigenvalue weighted by atomic mass is 10.1. The summed E-state index contributed by atoms with van der Waals surface area (Å²) < 4.78 is 29.9. The van der Waals surface area contributed by atoms with Crippen molar-refractivity contribution in [2.75, 3.05) is 62.2 Å². The first kappa shape index (κ1) is 28.7. The van der Waals surface area contributed by atoms with E-state index in [1.807, 2.05) is 30.3 Å². The first-order chi connectivity index (χ1) is 19.3. The lowest BCUT2D eigenvalue weighted by Crippen LogP contribution is -2.59. The highest BCUT2D eigenvalue weighted by atomic mass is 79.9. The van der Waals surface area contributed by atoms with Crippen LogP contribution in [0, 0.1) is 0 Å². The molecule has 2 aliphatic rings. The molecule has 1 aromatic heterocycles. The molecule has 2 aromatic carbocycles. The van der Waals surface area contributed by atoms with Crippen LogP contribution in [0.3, 0.4) is 0 Å². The van der Waals surface area contributed by atoms with Gasteiger partial charge in [-0.1, -0.05) is 28.1 Å². The molecule has 0 bridgehead atoms. The van der Waals surface area contributed by atoms with Crippen molar-refractivity contribution in [3.8, 4) is 0 Å². The molecule has 13 heteroatoms. The number of amides is 3. The Labute approximate surface area is 246 Å². The van der Waals surface area contributed by atoms with Crippen molar-refractivity contribution in [3.05, 3.63) is 65.4 Å². The van der Waals surface area contributed by atoms with Crippen molar-refractivity contribution in [2.24, 2.45) is 0 Å². The fraction of sp³-hybridized carbons (Fsp3) is 0.370. The van der Waals surface area contributed by atoms with Crippen molar-refractivity contribution >= 4 is 66.1 Å². The van der Waals surface area contributed by atoms with Crippen LogP contribution in [0.25, 0.3) is 10.8 Å². The maximum absolute atomic E-state index is 13.4. The maximum atomic E-state index is 13.4. The summed E-state index contributed by atoms with van der Waals surface area (Å²) >= 11 is 5.20. The number of urea groups is 1. The molecule has 5 rings (SSSR count). The Balaban J connectivity index is 1.26. The zero-order valence-corrected chi connectivity index (χ0v) is 25.1. The Kier molecular flexibility index (Phi) is 9.13. The number of thioether (sulfide) groups is 1. The third kappa shape index (κ3) is 6.88. The van der Waals surface area contributed by atoms with E-state index in [1.54, 1.807) is 46.1 Å². The topological polar surface area (TPSA) is 115 Å². The SMILES string of the molecule is O=C(NC(CNS(=O)(=O)c1ccc2cc(Br)ccc2c1)C(=O)N1CCSCC1)N1CCN(c2ccncc2)CC1. The zero-order chi connectivity index (χ0) is 28.1. The second kappa shape index (κ2) is 12.8. The summed E-state index contributed by atoms with van der Waals surface area (Å²) in [6, 6.07) is 12.9. The average Bonchev–Trinajstić information content (AvgIpc) is 2.99.